The fraction of sp³-hybridized carbons (Fsp3) is 0.900. The van der Waals surface area contributed by atoms with Crippen molar-refractivity contribution in [1.82, 2.24) is 10.2 Å². The predicted molar refractivity (Wildman–Crippen MR) is 62.4 cm³/mol. The zero-order valence-corrected chi connectivity index (χ0v) is 10.1. The Bertz CT molecular complexity index is 173. The van der Waals surface area contributed by atoms with Gasteiger partial charge in [-0.05, 0) is 6.42 Å². The lowest BCUT2D eigenvalue weighted by molar-refractivity contribution is -0.136. The fourth-order valence-corrected chi connectivity index (χ4v) is 1.41. The molecule has 1 rings (SSSR count). The molecule has 1 aliphatic heterocycles. The normalized spacial score (nSPS) is 15.9. The number of halogens is 1. The van der Waals surface area contributed by atoms with Crippen LogP contribution in [0.1, 0.15) is 19.8 Å². The number of piperazine rings is 1. The predicted octanol–water partition coefficient (Wildman–Crippen LogP) is 0.657. The monoisotopic (exact) mass is 236 g/mol. The van der Waals surface area contributed by atoms with Gasteiger partial charge in [-0.1, -0.05) is 13.3 Å². The number of hydrogen-bond donors (Lipinski definition) is 1. The van der Waals surface area contributed by atoms with E-state index in [2.05, 4.69) is 12.2 Å². The highest BCUT2D eigenvalue weighted by atomic mass is 35.5. The van der Waals surface area contributed by atoms with Gasteiger partial charge in [0.25, 0.3) is 0 Å². The minimum atomic E-state index is 0. The Morgan fingerprint density at radius 1 is 1.40 bits per heavy atom. The van der Waals surface area contributed by atoms with Gasteiger partial charge in [-0.25, -0.2) is 0 Å². The summed E-state index contributed by atoms with van der Waals surface area (Å²) in [5, 5.41) is 3.21. The van der Waals surface area contributed by atoms with Crippen LogP contribution in [0.4, 0.5) is 0 Å². The summed E-state index contributed by atoms with van der Waals surface area (Å²) < 4.78 is 5.28. The maximum absolute atomic E-state index is 11.5. The minimum Gasteiger partial charge on any atom is -0.372 e. The number of ether oxygens (including phenoxy) is 1. The maximum Gasteiger partial charge on any atom is 0.248 e. The molecule has 1 heterocycles. The van der Waals surface area contributed by atoms with E-state index in [9.17, 15) is 4.79 Å². The van der Waals surface area contributed by atoms with Gasteiger partial charge in [-0.2, -0.15) is 0 Å². The molecule has 15 heavy (non-hydrogen) atoms. The average molecular weight is 237 g/mol. The van der Waals surface area contributed by atoms with Crippen LogP contribution in [-0.2, 0) is 9.53 Å². The second-order valence-electron chi connectivity index (χ2n) is 3.54. The van der Waals surface area contributed by atoms with E-state index in [4.69, 9.17) is 4.74 Å². The van der Waals surface area contributed by atoms with Gasteiger partial charge >= 0.3 is 0 Å². The van der Waals surface area contributed by atoms with E-state index in [0.717, 1.165) is 39.0 Å². The first kappa shape index (κ1) is 14.7. The third-order valence-electron chi connectivity index (χ3n) is 2.34. The molecule has 0 aromatic rings. The highest BCUT2D eigenvalue weighted by molar-refractivity contribution is 5.85. The summed E-state index contributed by atoms with van der Waals surface area (Å²) in [4.78, 5) is 13.4. The lowest BCUT2D eigenvalue weighted by atomic mass is 10.3. The first-order chi connectivity index (χ1) is 6.84. The van der Waals surface area contributed by atoms with E-state index in [1.165, 1.54) is 0 Å². The molecule has 1 aliphatic rings. The Morgan fingerprint density at radius 2 is 2.07 bits per heavy atom. The Labute approximate surface area is 97.8 Å². The number of rotatable bonds is 5. The smallest absolute Gasteiger partial charge is 0.248 e. The van der Waals surface area contributed by atoms with Crippen LogP contribution in [0.5, 0.6) is 0 Å². The molecular formula is C10H21ClN2O2. The molecule has 0 unspecified atom stereocenters. The first-order valence-corrected chi connectivity index (χ1v) is 5.41. The van der Waals surface area contributed by atoms with Gasteiger partial charge < -0.3 is 15.0 Å². The van der Waals surface area contributed by atoms with Crippen molar-refractivity contribution >= 4 is 18.3 Å². The quantitative estimate of drug-likeness (QED) is 0.713. The van der Waals surface area contributed by atoms with E-state index in [1.807, 2.05) is 4.90 Å². The molecule has 0 radical (unpaired) electrons. The van der Waals surface area contributed by atoms with Crippen molar-refractivity contribution in [3.63, 3.8) is 0 Å². The van der Waals surface area contributed by atoms with E-state index in [0.29, 0.717) is 6.61 Å². The molecule has 1 N–H and O–H groups in total. The SMILES string of the molecule is CCCCOCC(=O)N1CCNCC1.Cl. The van der Waals surface area contributed by atoms with E-state index in [1.54, 1.807) is 0 Å². The molecule has 0 saturated carbocycles. The van der Waals surface area contributed by atoms with Gasteiger partial charge in [0.2, 0.25) is 5.91 Å². The average Bonchev–Trinajstić information content (AvgIpc) is 2.25. The van der Waals surface area contributed by atoms with Crippen LogP contribution in [0.3, 0.4) is 0 Å². The molecule has 5 heteroatoms. The number of hydrogen-bond acceptors (Lipinski definition) is 3. The molecule has 0 bridgehead atoms. The molecule has 0 atom stereocenters. The standard InChI is InChI=1S/C10H20N2O2.ClH/c1-2-3-8-14-9-10(13)12-6-4-11-5-7-12;/h11H,2-9H2,1H3;1H. The van der Waals surface area contributed by atoms with Crippen LogP contribution >= 0.6 is 12.4 Å². The molecule has 0 aromatic heterocycles. The minimum absolute atomic E-state index is 0. The second kappa shape index (κ2) is 8.95. The van der Waals surface area contributed by atoms with Crippen LogP contribution < -0.4 is 5.32 Å². The van der Waals surface area contributed by atoms with Crippen molar-refractivity contribution < 1.29 is 9.53 Å². The van der Waals surface area contributed by atoms with Gasteiger partial charge in [0.15, 0.2) is 0 Å². The Balaban J connectivity index is 0.00000196. The zero-order chi connectivity index (χ0) is 10.2. The Kier molecular flexibility index (Phi) is 8.76. The van der Waals surface area contributed by atoms with Gasteiger partial charge in [-0.15, -0.1) is 12.4 Å². The van der Waals surface area contributed by atoms with E-state index in [-0.39, 0.29) is 24.9 Å². The molecule has 1 saturated heterocycles. The summed E-state index contributed by atoms with van der Waals surface area (Å²) in [7, 11) is 0. The molecule has 1 amide bonds. The second-order valence-corrected chi connectivity index (χ2v) is 3.54. The topological polar surface area (TPSA) is 41.6 Å². The summed E-state index contributed by atoms with van der Waals surface area (Å²) in [6.07, 6.45) is 2.15. The summed E-state index contributed by atoms with van der Waals surface area (Å²) in [5.41, 5.74) is 0. The highest BCUT2D eigenvalue weighted by Crippen LogP contribution is 1.95. The van der Waals surface area contributed by atoms with Crippen LogP contribution in [-0.4, -0.2) is 50.2 Å². The number of carbonyl (C=O) groups is 1. The first-order valence-electron chi connectivity index (χ1n) is 5.41. The number of nitrogens with zero attached hydrogens (tertiary/aromatic N) is 1. The van der Waals surface area contributed by atoms with Gasteiger partial charge in [0.05, 0.1) is 0 Å². The lowest BCUT2D eigenvalue weighted by Crippen LogP contribution is -2.47. The third-order valence-corrected chi connectivity index (χ3v) is 2.34. The third kappa shape index (κ3) is 5.97. The zero-order valence-electron chi connectivity index (χ0n) is 9.33. The number of nitrogens with one attached hydrogen (secondary N) is 1. The molecule has 90 valence electrons. The number of unbranched alkanes of at least 4 members (excludes halogenated alkanes) is 1. The number of carbonyl (C=O) groups excluding carboxylic acids is 1. The summed E-state index contributed by atoms with van der Waals surface area (Å²) in [6, 6.07) is 0. The van der Waals surface area contributed by atoms with Crippen molar-refractivity contribution in [3.8, 4) is 0 Å². The molecule has 0 spiro atoms. The molecular weight excluding hydrogens is 216 g/mol. The Hall–Kier alpha value is -0.320. The van der Waals surface area contributed by atoms with Crippen LogP contribution in [0.15, 0.2) is 0 Å². The van der Waals surface area contributed by atoms with Crippen LogP contribution in [0.25, 0.3) is 0 Å². The van der Waals surface area contributed by atoms with Crippen molar-refractivity contribution in [3.05, 3.63) is 0 Å². The van der Waals surface area contributed by atoms with Gasteiger partial charge in [0, 0.05) is 32.8 Å². The summed E-state index contributed by atoms with van der Waals surface area (Å²) >= 11 is 0. The molecule has 0 aliphatic carbocycles. The largest absolute Gasteiger partial charge is 0.372 e. The van der Waals surface area contributed by atoms with Crippen molar-refractivity contribution in [1.29, 1.82) is 0 Å². The fourth-order valence-electron chi connectivity index (χ4n) is 1.41. The highest BCUT2D eigenvalue weighted by Gasteiger charge is 2.15. The van der Waals surface area contributed by atoms with Crippen molar-refractivity contribution in [2.45, 2.75) is 19.8 Å². The lowest BCUT2D eigenvalue weighted by Gasteiger charge is -2.27. The van der Waals surface area contributed by atoms with Gasteiger partial charge in [0.1, 0.15) is 6.61 Å². The Morgan fingerprint density at radius 3 is 2.67 bits per heavy atom. The molecule has 4 nitrogen and oxygen atoms in total. The maximum atomic E-state index is 11.5. The van der Waals surface area contributed by atoms with Gasteiger partial charge in [-0.3, -0.25) is 4.79 Å². The van der Waals surface area contributed by atoms with Crippen molar-refractivity contribution in [2.24, 2.45) is 0 Å². The summed E-state index contributed by atoms with van der Waals surface area (Å²) in [5.74, 6) is 0.127. The molecule has 0 aromatic carbocycles. The molecule has 1 fully saturated rings. The summed E-state index contributed by atoms with van der Waals surface area (Å²) in [6.45, 7) is 6.50. The van der Waals surface area contributed by atoms with Crippen LogP contribution in [0.2, 0.25) is 0 Å². The van der Waals surface area contributed by atoms with Crippen molar-refractivity contribution in [2.75, 3.05) is 39.4 Å². The number of amides is 1. The van der Waals surface area contributed by atoms with E-state index >= 15 is 0 Å². The van der Waals surface area contributed by atoms with E-state index < -0.39 is 0 Å². The van der Waals surface area contributed by atoms with Crippen LogP contribution in [0, 0.1) is 0 Å².